The number of anilines is 3. The van der Waals surface area contributed by atoms with Crippen LogP contribution in [0.15, 0.2) is 241 Å². The molecule has 0 N–H and O–H groups in total. The molecule has 2 heterocycles. The number of ether oxygens (including phenoxy) is 1. The lowest BCUT2D eigenvalue weighted by Crippen LogP contribution is -2.29. The summed E-state index contributed by atoms with van der Waals surface area (Å²) in [5.41, 5.74) is 26.2. The Morgan fingerprint density at radius 1 is 0.288 bits per heavy atom. The summed E-state index contributed by atoms with van der Waals surface area (Å²) in [4.78, 5) is 2.47. The Morgan fingerprint density at radius 3 is 1.49 bits per heavy atom. The highest BCUT2D eigenvalue weighted by Gasteiger charge is 2.50. The van der Waals surface area contributed by atoms with Crippen LogP contribution in [0.1, 0.15) is 47.2 Å². The van der Waals surface area contributed by atoms with E-state index in [1.165, 1.54) is 77.9 Å². The quantitative estimate of drug-likeness (QED) is 0.177. The molecule has 11 aromatic carbocycles. The van der Waals surface area contributed by atoms with E-state index in [-0.39, 0.29) is 5.41 Å². The van der Waals surface area contributed by atoms with Gasteiger partial charge in [0.1, 0.15) is 22.7 Å². The van der Waals surface area contributed by atoms with Gasteiger partial charge in [0.15, 0.2) is 0 Å². The van der Waals surface area contributed by atoms with Gasteiger partial charge in [-0.1, -0.05) is 184 Å². The van der Waals surface area contributed by atoms with Crippen LogP contribution in [-0.2, 0) is 10.8 Å². The lowest BCUT2D eigenvalue weighted by molar-refractivity contribution is 0.488. The molecule has 0 amide bonds. The van der Waals surface area contributed by atoms with Gasteiger partial charge in [0.25, 0.3) is 0 Å². The average molecular weight is 932 g/mol. The number of rotatable bonds is 3. The second-order valence-electron chi connectivity index (χ2n) is 20.7. The third-order valence-corrected chi connectivity index (χ3v) is 16.7. The molecule has 0 saturated carbocycles. The van der Waals surface area contributed by atoms with E-state index in [1.807, 2.05) is 0 Å². The molecule has 16 rings (SSSR count). The van der Waals surface area contributed by atoms with Crippen molar-refractivity contribution < 1.29 is 9.15 Å². The number of nitrogens with zero attached hydrogens (tertiary/aromatic N) is 1. The Hall–Kier alpha value is -9.18. The van der Waals surface area contributed by atoms with Gasteiger partial charge in [-0.2, -0.15) is 0 Å². The normalized spacial score (nSPS) is 15.5. The first-order valence-corrected chi connectivity index (χ1v) is 25.4. The maximum absolute atomic E-state index is 6.84. The van der Waals surface area contributed by atoms with Crippen LogP contribution in [0.4, 0.5) is 17.1 Å². The Balaban J connectivity index is 0.982. The Labute approximate surface area is 423 Å². The molecule has 0 saturated heterocycles. The summed E-state index contributed by atoms with van der Waals surface area (Å²) in [7, 11) is 0. The van der Waals surface area contributed by atoms with Gasteiger partial charge < -0.3 is 14.1 Å². The fourth-order valence-electron chi connectivity index (χ4n) is 13.5. The van der Waals surface area contributed by atoms with Crippen LogP contribution in [0, 0.1) is 0 Å². The van der Waals surface area contributed by atoms with Crippen LogP contribution < -0.4 is 9.64 Å². The summed E-state index contributed by atoms with van der Waals surface area (Å²) >= 11 is 0. The first kappa shape index (κ1) is 40.5. The maximum Gasteiger partial charge on any atom is 0.135 e. The van der Waals surface area contributed by atoms with Crippen LogP contribution in [0.2, 0.25) is 0 Å². The molecule has 0 fully saturated rings. The lowest BCUT2D eigenvalue weighted by atomic mass is 9.66. The van der Waals surface area contributed by atoms with Gasteiger partial charge in [0, 0.05) is 44.4 Å². The van der Waals surface area contributed by atoms with Crippen LogP contribution in [-0.4, -0.2) is 0 Å². The van der Waals surface area contributed by atoms with Gasteiger partial charge in [-0.25, -0.2) is 0 Å². The largest absolute Gasteiger partial charge is 0.456 e. The summed E-state index contributed by atoms with van der Waals surface area (Å²) in [5, 5.41) is 2.27. The number of furan rings is 1. The molecule has 1 atom stereocenters. The Morgan fingerprint density at radius 2 is 0.753 bits per heavy atom. The minimum Gasteiger partial charge on any atom is -0.456 e. The molecule has 0 radical (unpaired) electrons. The monoisotopic (exact) mass is 931 g/mol. The van der Waals surface area contributed by atoms with Gasteiger partial charge in [-0.15, -0.1) is 0 Å². The van der Waals surface area contributed by atoms with Crippen molar-refractivity contribution in [2.45, 2.75) is 24.7 Å². The summed E-state index contributed by atoms with van der Waals surface area (Å²) < 4.78 is 13.6. The smallest absolute Gasteiger partial charge is 0.135 e. The van der Waals surface area contributed by atoms with Gasteiger partial charge in [-0.3, -0.25) is 0 Å². The number of fused-ring (bicyclic) bond motifs is 23. The minimum atomic E-state index is -0.684. The maximum atomic E-state index is 6.84. The first-order chi connectivity index (χ1) is 35.9. The van der Waals surface area contributed by atoms with Crippen LogP contribution in [0.5, 0.6) is 11.5 Å². The molecule has 1 aliphatic heterocycles. The molecule has 342 valence electrons. The molecular formula is C70H45NO2. The van der Waals surface area contributed by atoms with Crippen molar-refractivity contribution in [2.75, 3.05) is 4.90 Å². The van der Waals surface area contributed by atoms with Gasteiger partial charge in [0.2, 0.25) is 0 Å². The fourth-order valence-corrected chi connectivity index (χ4v) is 13.5. The predicted molar refractivity (Wildman–Crippen MR) is 299 cm³/mol. The van der Waals surface area contributed by atoms with E-state index < -0.39 is 5.41 Å². The third-order valence-electron chi connectivity index (χ3n) is 16.7. The molecular weight excluding hydrogens is 887 g/mol. The van der Waals surface area contributed by atoms with Crippen LogP contribution in [0.3, 0.4) is 0 Å². The highest BCUT2D eigenvalue weighted by molar-refractivity contribution is 6.09. The standard InChI is InChI=1S/C70H45NO2/c1-69(2)59-26-12-7-22-50(59)52-34-31-44(39-63(52)69)71(43-33-36-67-57(38-43)48-20-6-4-18-46(48)53-24-10-15-29-65(53)72-67)42-32-35-62-55(37-42)47-19-5-3-17-45(47)49-21-8-13-27-60(49)70(62)61-28-14-9-23-51(61)56-40-58-54-25-11-16-30-66(54)73-68(58)41-64(56)70/h3-41H,1-2H3. The van der Waals surface area contributed by atoms with Gasteiger partial charge in [0.05, 0.1) is 5.41 Å². The minimum absolute atomic E-state index is 0.195. The molecule has 3 aliphatic carbocycles. The molecule has 73 heavy (non-hydrogen) atoms. The van der Waals surface area contributed by atoms with Crippen molar-refractivity contribution in [3.05, 3.63) is 270 Å². The van der Waals surface area contributed by atoms with E-state index in [0.717, 1.165) is 72.8 Å². The SMILES string of the molecule is CC1(C)c2ccccc2-c2ccc(N(c3ccc4c(c3)-c3ccccc3-c3ccccc3O4)c3ccc4c(c3)-c3ccccc3-c3ccccc3C43c4ccccc4-c4cc5c(cc43)oc3ccccc35)cc21. The third kappa shape index (κ3) is 5.43. The van der Waals surface area contributed by atoms with E-state index in [0.29, 0.717) is 0 Å². The van der Waals surface area contributed by atoms with Crippen molar-refractivity contribution in [3.8, 4) is 78.3 Å². The highest BCUT2D eigenvalue weighted by atomic mass is 16.5. The van der Waals surface area contributed by atoms with Crippen molar-refractivity contribution in [2.24, 2.45) is 0 Å². The van der Waals surface area contributed by atoms with E-state index in [2.05, 4.69) is 255 Å². The summed E-state index contributed by atoms with van der Waals surface area (Å²) in [5.74, 6) is 1.69. The van der Waals surface area contributed by atoms with E-state index in [4.69, 9.17) is 9.15 Å². The second kappa shape index (κ2) is 14.7. The zero-order chi connectivity index (χ0) is 48.2. The molecule has 12 aromatic rings. The van der Waals surface area contributed by atoms with Crippen molar-refractivity contribution in [3.63, 3.8) is 0 Å². The molecule has 4 aliphatic rings. The number of hydrogen-bond donors (Lipinski definition) is 0. The molecule has 1 aromatic heterocycles. The van der Waals surface area contributed by atoms with Gasteiger partial charge >= 0.3 is 0 Å². The average Bonchev–Trinajstić information content (AvgIpc) is 3.99. The summed E-state index contributed by atoms with van der Waals surface area (Å²) in [6.07, 6.45) is 0. The van der Waals surface area contributed by atoms with Crippen molar-refractivity contribution >= 4 is 39.0 Å². The molecule has 0 bridgehead atoms. The fraction of sp³-hybridized carbons (Fsp3) is 0.0571. The predicted octanol–water partition coefficient (Wildman–Crippen LogP) is 18.8. The van der Waals surface area contributed by atoms with Crippen LogP contribution >= 0.6 is 0 Å². The zero-order valence-corrected chi connectivity index (χ0v) is 40.3. The number of hydrogen-bond acceptors (Lipinski definition) is 3. The van der Waals surface area contributed by atoms with E-state index in [9.17, 15) is 0 Å². The van der Waals surface area contributed by atoms with Crippen LogP contribution in [0.25, 0.3) is 88.7 Å². The second-order valence-corrected chi connectivity index (χ2v) is 20.7. The summed E-state index contributed by atoms with van der Waals surface area (Å²) in [6, 6.07) is 87.6. The molecule has 1 spiro atoms. The summed E-state index contributed by atoms with van der Waals surface area (Å²) in [6.45, 7) is 4.74. The lowest BCUT2D eigenvalue weighted by Gasteiger charge is -2.36. The topological polar surface area (TPSA) is 25.6 Å². The van der Waals surface area contributed by atoms with Crippen molar-refractivity contribution in [1.29, 1.82) is 0 Å². The van der Waals surface area contributed by atoms with E-state index >= 15 is 0 Å². The highest BCUT2D eigenvalue weighted by Crippen LogP contribution is 2.63. The number of benzene rings is 11. The zero-order valence-electron chi connectivity index (χ0n) is 40.3. The van der Waals surface area contributed by atoms with E-state index in [1.54, 1.807) is 0 Å². The molecule has 3 nitrogen and oxygen atoms in total. The Kier molecular flexibility index (Phi) is 8.16. The van der Waals surface area contributed by atoms with Gasteiger partial charge in [-0.05, 0) is 156 Å². The molecule has 3 heteroatoms. The first-order valence-electron chi connectivity index (χ1n) is 25.4. The Bertz CT molecular complexity index is 4360. The van der Waals surface area contributed by atoms with Crippen molar-refractivity contribution in [1.82, 2.24) is 0 Å². The number of para-hydroxylation sites is 2. The molecule has 1 unspecified atom stereocenters.